The van der Waals surface area contributed by atoms with Crippen molar-refractivity contribution in [3.63, 3.8) is 0 Å². The topological polar surface area (TPSA) is 83.1 Å². The second-order valence-corrected chi connectivity index (χ2v) is 7.74. The summed E-state index contributed by atoms with van der Waals surface area (Å²) >= 11 is 0. The number of carbonyl (C=O) groups excluding carboxylic acids is 2. The van der Waals surface area contributed by atoms with E-state index in [2.05, 4.69) is 5.32 Å². The zero-order valence-electron chi connectivity index (χ0n) is 17.0. The fraction of sp³-hybridized carbons (Fsp3) is 0.429. The molecule has 7 heteroatoms. The molecular weight excluding hydrogens is 362 g/mol. The maximum atomic E-state index is 13.1. The third kappa shape index (κ3) is 3.69. The summed E-state index contributed by atoms with van der Waals surface area (Å²) in [5.74, 6) is -0.468. The highest BCUT2D eigenvalue weighted by atomic mass is 16.7. The first-order valence-corrected chi connectivity index (χ1v) is 9.02. The van der Waals surface area contributed by atoms with Crippen LogP contribution in [0.4, 0.5) is 0 Å². The van der Waals surface area contributed by atoms with E-state index in [0.717, 1.165) is 0 Å². The Hall–Kier alpha value is -2.96. The Labute approximate surface area is 164 Å². The summed E-state index contributed by atoms with van der Waals surface area (Å²) in [7, 11) is 1.32. The van der Waals surface area contributed by atoms with Gasteiger partial charge in [0.25, 0.3) is 0 Å². The van der Waals surface area contributed by atoms with Crippen molar-refractivity contribution in [2.75, 3.05) is 13.9 Å². The van der Waals surface area contributed by atoms with Crippen LogP contribution < -0.4 is 14.8 Å². The van der Waals surface area contributed by atoms with Crippen molar-refractivity contribution in [1.82, 2.24) is 5.32 Å². The van der Waals surface area contributed by atoms with E-state index in [1.807, 2.05) is 6.07 Å². The van der Waals surface area contributed by atoms with Gasteiger partial charge in [-0.2, -0.15) is 0 Å². The molecule has 0 amide bonds. The Balaban J connectivity index is 2.15. The normalized spacial score (nSPS) is 18.7. The lowest BCUT2D eigenvalue weighted by molar-refractivity contribution is -0.150. The van der Waals surface area contributed by atoms with Crippen LogP contribution in [-0.2, 0) is 19.1 Å². The second kappa shape index (κ2) is 7.22. The van der Waals surface area contributed by atoms with Gasteiger partial charge in [0.15, 0.2) is 11.5 Å². The van der Waals surface area contributed by atoms with Gasteiger partial charge in [-0.25, -0.2) is 9.59 Å². The van der Waals surface area contributed by atoms with Gasteiger partial charge in [0, 0.05) is 11.4 Å². The highest BCUT2D eigenvalue weighted by Crippen LogP contribution is 2.43. The second-order valence-electron chi connectivity index (χ2n) is 7.74. The van der Waals surface area contributed by atoms with Crippen LogP contribution in [0.1, 0.15) is 46.1 Å². The molecular formula is C21H25NO6. The van der Waals surface area contributed by atoms with Gasteiger partial charge in [-0.15, -0.1) is 0 Å². The fourth-order valence-corrected chi connectivity index (χ4v) is 3.40. The summed E-state index contributed by atoms with van der Waals surface area (Å²) in [6, 6.07) is 5.37. The number of esters is 2. The van der Waals surface area contributed by atoms with E-state index in [0.29, 0.717) is 39.6 Å². The molecule has 2 aliphatic heterocycles. The molecule has 0 aliphatic carbocycles. The number of allylic oxidation sites excluding steroid dienone is 2. The number of methoxy groups -OCH3 is 1. The number of benzene rings is 1. The van der Waals surface area contributed by atoms with Gasteiger partial charge in [0.1, 0.15) is 5.60 Å². The summed E-state index contributed by atoms with van der Waals surface area (Å²) in [5.41, 5.74) is 2.01. The van der Waals surface area contributed by atoms with Gasteiger partial charge in [-0.3, -0.25) is 0 Å². The van der Waals surface area contributed by atoms with Crippen molar-refractivity contribution in [2.24, 2.45) is 0 Å². The Morgan fingerprint density at radius 3 is 2.25 bits per heavy atom. The Morgan fingerprint density at radius 1 is 1.04 bits per heavy atom. The summed E-state index contributed by atoms with van der Waals surface area (Å²) < 4.78 is 21.5. The van der Waals surface area contributed by atoms with E-state index in [1.54, 1.807) is 46.8 Å². The zero-order chi connectivity index (χ0) is 20.6. The number of hydrogen-bond donors (Lipinski definition) is 1. The van der Waals surface area contributed by atoms with Crippen molar-refractivity contribution in [3.8, 4) is 11.5 Å². The predicted molar refractivity (Wildman–Crippen MR) is 102 cm³/mol. The van der Waals surface area contributed by atoms with Gasteiger partial charge >= 0.3 is 11.9 Å². The molecule has 0 fully saturated rings. The number of dihydropyridines is 1. The molecule has 1 aromatic rings. The molecule has 0 spiro atoms. The molecule has 2 heterocycles. The monoisotopic (exact) mass is 387 g/mol. The lowest BCUT2D eigenvalue weighted by Crippen LogP contribution is -2.34. The van der Waals surface area contributed by atoms with Gasteiger partial charge in [-0.1, -0.05) is 6.07 Å². The first-order chi connectivity index (χ1) is 13.1. The van der Waals surface area contributed by atoms with E-state index in [1.165, 1.54) is 7.11 Å². The molecule has 1 aromatic carbocycles. The first kappa shape index (κ1) is 19.8. The lowest BCUT2D eigenvalue weighted by atomic mass is 9.80. The predicted octanol–water partition coefficient (Wildman–Crippen LogP) is 3.16. The zero-order valence-corrected chi connectivity index (χ0v) is 17.0. The minimum atomic E-state index is -0.675. The van der Waals surface area contributed by atoms with Crippen LogP contribution in [-0.4, -0.2) is 31.4 Å². The molecule has 1 unspecified atom stereocenters. The third-order valence-electron chi connectivity index (χ3n) is 4.51. The molecule has 0 bridgehead atoms. The smallest absolute Gasteiger partial charge is 0.337 e. The molecule has 1 N–H and O–H groups in total. The molecule has 7 nitrogen and oxygen atoms in total. The largest absolute Gasteiger partial charge is 0.466 e. The number of nitrogens with one attached hydrogen (secondary N) is 1. The molecule has 0 aromatic heterocycles. The van der Waals surface area contributed by atoms with Crippen molar-refractivity contribution in [1.29, 1.82) is 0 Å². The molecule has 3 rings (SSSR count). The number of ether oxygens (including phenoxy) is 4. The molecule has 0 radical (unpaired) electrons. The molecule has 150 valence electrons. The van der Waals surface area contributed by atoms with E-state index >= 15 is 0 Å². The van der Waals surface area contributed by atoms with Gasteiger partial charge in [-0.05, 0) is 52.3 Å². The fourth-order valence-electron chi connectivity index (χ4n) is 3.40. The van der Waals surface area contributed by atoms with Crippen LogP contribution in [0.25, 0.3) is 0 Å². The number of fused-ring (bicyclic) bond motifs is 1. The average Bonchev–Trinajstić information content (AvgIpc) is 3.06. The van der Waals surface area contributed by atoms with Crippen molar-refractivity contribution >= 4 is 11.9 Å². The molecule has 2 aliphatic rings. The van der Waals surface area contributed by atoms with E-state index in [9.17, 15) is 9.59 Å². The Bertz CT molecular complexity index is 891. The van der Waals surface area contributed by atoms with Crippen LogP contribution in [0.5, 0.6) is 11.5 Å². The van der Waals surface area contributed by atoms with Crippen LogP contribution in [0.3, 0.4) is 0 Å². The van der Waals surface area contributed by atoms with Gasteiger partial charge in [0.2, 0.25) is 6.79 Å². The summed E-state index contributed by atoms with van der Waals surface area (Å²) in [4.78, 5) is 25.7. The lowest BCUT2D eigenvalue weighted by Gasteiger charge is -2.32. The number of hydrogen-bond acceptors (Lipinski definition) is 7. The summed E-state index contributed by atoms with van der Waals surface area (Å²) in [6.45, 7) is 9.11. The van der Waals surface area contributed by atoms with E-state index in [4.69, 9.17) is 18.9 Å². The highest BCUT2D eigenvalue weighted by Gasteiger charge is 2.39. The third-order valence-corrected chi connectivity index (χ3v) is 4.51. The number of carbonyl (C=O) groups is 2. The molecule has 0 saturated heterocycles. The number of rotatable bonds is 3. The van der Waals surface area contributed by atoms with Gasteiger partial charge < -0.3 is 24.3 Å². The van der Waals surface area contributed by atoms with Crippen LogP contribution in [0.2, 0.25) is 0 Å². The first-order valence-electron chi connectivity index (χ1n) is 9.02. The summed E-state index contributed by atoms with van der Waals surface area (Å²) in [6.07, 6.45) is 0. The SMILES string of the molecule is COC(=O)C1=C(C)NC(C)=C(C(=O)OC(C)(C)C)C1c1ccc2c(c1)OCO2. The van der Waals surface area contributed by atoms with Gasteiger partial charge in [0.05, 0.1) is 24.2 Å². The maximum absolute atomic E-state index is 13.1. The molecule has 28 heavy (non-hydrogen) atoms. The standard InChI is InChI=1S/C21H25NO6/c1-11-16(19(23)25-6)18(13-7-8-14-15(9-13)27-10-26-14)17(12(2)22-11)20(24)28-21(3,4)5/h7-9,18,22H,10H2,1-6H3. The maximum Gasteiger partial charge on any atom is 0.337 e. The quantitative estimate of drug-likeness (QED) is 0.798. The van der Waals surface area contributed by atoms with E-state index < -0.39 is 23.5 Å². The Kier molecular flexibility index (Phi) is 5.10. The molecule has 1 atom stereocenters. The van der Waals surface area contributed by atoms with Crippen LogP contribution >= 0.6 is 0 Å². The average molecular weight is 387 g/mol. The van der Waals surface area contributed by atoms with Crippen LogP contribution in [0, 0.1) is 0 Å². The highest BCUT2D eigenvalue weighted by molar-refractivity contribution is 6.00. The summed E-state index contributed by atoms with van der Waals surface area (Å²) in [5, 5.41) is 3.11. The van der Waals surface area contributed by atoms with Crippen molar-refractivity contribution in [3.05, 3.63) is 46.3 Å². The van der Waals surface area contributed by atoms with Crippen LogP contribution in [0.15, 0.2) is 40.7 Å². The Morgan fingerprint density at radius 2 is 1.64 bits per heavy atom. The van der Waals surface area contributed by atoms with E-state index in [-0.39, 0.29) is 6.79 Å². The minimum absolute atomic E-state index is 0.136. The van der Waals surface area contributed by atoms with Crippen molar-refractivity contribution < 1.29 is 28.5 Å². The minimum Gasteiger partial charge on any atom is -0.466 e. The molecule has 0 saturated carbocycles. The van der Waals surface area contributed by atoms with Crippen molar-refractivity contribution in [2.45, 2.75) is 46.1 Å².